The highest BCUT2D eigenvalue weighted by molar-refractivity contribution is 7.91. The van der Waals surface area contributed by atoms with E-state index in [4.69, 9.17) is 0 Å². The summed E-state index contributed by atoms with van der Waals surface area (Å²) >= 11 is 0. The van der Waals surface area contributed by atoms with Crippen LogP contribution in [0.15, 0.2) is 67.0 Å². The largest absolute Gasteiger partial charge is 0.337 e. The molecule has 0 spiro atoms. The highest BCUT2D eigenvalue weighted by Crippen LogP contribution is 2.29. The lowest BCUT2D eigenvalue weighted by atomic mass is 10.0. The first-order valence-electron chi connectivity index (χ1n) is 9.47. The molecule has 1 amide bonds. The minimum absolute atomic E-state index is 0.0132. The Kier molecular flexibility index (Phi) is 4.13. The van der Waals surface area contributed by atoms with Crippen LogP contribution in [0.2, 0.25) is 0 Å². The molecule has 0 unspecified atom stereocenters. The van der Waals surface area contributed by atoms with E-state index in [0.29, 0.717) is 5.56 Å². The predicted octanol–water partition coefficient (Wildman–Crippen LogP) is 3.03. The lowest BCUT2D eigenvalue weighted by molar-refractivity contribution is 0.0772. The number of benzene rings is 2. The average Bonchev–Trinajstić information content (AvgIpc) is 3.17. The van der Waals surface area contributed by atoms with Crippen LogP contribution in [-0.2, 0) is 9.84 Å². The zero-order chi connectivity index (χ0) is 20.0. The molecule has 3 heterocycles. The molecule has 1 saturated heterocycles. The first-order valence-corrected chi connectivity index (χ1v) is 11.3. The number of hydrogen-bond acceptors (Lipinski definition) is 4. The van der Waals surface area contributed by atoms with Crippen LogP contribution in [0.3, 0.4) is 0 Å². The van der Waals surface area contributed by atoms with Gasteiger partial charge in [0.15, 0.2) is 9.84 Å². The van der Waals surface area contributed by atoms with Crippen LogP contribution >= 0.6 is 0 Å². The second kappa shape index (κ2) is 6.70. The number of amides is 1. The third kappa shape index (κ3) is 3.07. The Bertz CT molecular complexity index is 1330. The van der Waals surface area contributed by atoms with Crippen molar-refractivity contribution in [2.75, 3.05) is 24.6 Å². The van der Waals surface area contributed by atoms with E-state index in [1.807, 2.05) is 71.4 Å². The Morgan fingerprint density at radius 3 is 2.28 bits per heavy atom. The monoisotopic (exact) mass is 405 g/mol. The van der Waals surface area contributed by atoms with E-state index < -0.39 is 9.84 Å². The van der Waals surface area contributed by atoms with Crippen LogP contribution < -0.4 is 0 Å². The second-order valence-corrected chi connectivity index (χ2v) is 9.54. The average molecular weight is 405 g/mol. The fourth-order valence-electron chi connectivity index (χ4n) is 3.89. The summed E-state index contributed by atoms with van der Waals surface area (Å²) < 4.78 is 25.5. The standard InChI is InChI=1S/C22H19N3O3S/c26-22(24-10-12-29(27,28)13-11-24)19-15-25-20(18-9-5-4-8-17(18)19)14-23-21(25)16-6-2-1-3-7-16/h1-9,14-15H,10-13H2. The highest BCUT2D eigenvalue weighted by Gasteiger charge is 2.27. The Hall–Kier alpha value is -3.19. The molecule has 5 rings (SSSR count). The lowest BCUT2D eigenvalue weighted by Crippen LogP contribution is -2.43. The van der Waals surface area contributed by atoms with Gasteiger partial charge in [-0.05, 0) is 5.39 Å². The molecule has 7 heteroatoms. The third-order valence-electron chi connectivity index (χ3n) is 5.44. The summed E-state index contributed by atoms with van der Waals surface area (Å²) in [5.41, 5.74) is 2.45. The van der Waals surface area contributed by atoms with Gasteiger partial charge in [0.05, 0.1) is 28.8 Å². The normalized spacial score (nSPS) is 16.3. The minimum atomic E-state index is -3.05. The molecule has 2 aromatic heterocycles. The molecule has 2 aromatic carbocycles. The van der Waals surface area contributed by atoms with Gasteiger partial charge in [-0.1, -0.05) is 54.6 Å². The predicted molar refractivity (Wildman–Crippen MR) is 113 cm³/mol. The van der Waals surface area contributed by atoms with Crippen molar-refractivity contribution in [1.82, 2.24) is 14.3 Å². The smallest absolute Gasteiger partial charge is 0.256 e. The maximum Gasteiger partial charge on any atom is 0.256 e. The van der Waals surface area contributed by atoms with Gasteiger partial charge in [-0.15, -0.1) is 0 Å². The molecule has 146 valence electrons. The first kappa shape index (κ1) is 17.9. The molecule has 0 aliphatic carbocycles. The topological polar surface area (TPSA) is 71.8 Å². The zero-order valence-electron chi connectivity index (χ0n) is 15.7. The Morgan fingerprint density at radius 2 is 1.55 bits per heavy atom. The van der Waals surface area contributed by atoms with Crippen LogP contribution in [-0.4, -0.2) is 53.2 Å². The van der Waals surface area contributed by atoms with Gasteiger partial charge in [-0.25, -0.2) is 13.4 Å². The van der Waals surface area contributed by atoms with Crippen molar-refractivity contribution >= 4 is 32.0 Å². The minimum Gasteiger partial charge on any atom is -0.337 e. The van der Waals surface area contributed by atoms with E-state index in [0.717, 1.165) is 27.7 Å². The lowest BCUT2D eigenvalue weighted by Gasteiger charge is -2.27. The maximum atomic E-state index is 13.3. The van der Waals surface area contributed by atoms with E-state index in [-0.39, 0.29) is 30.5 Å². The molecule has 29 heavy (non-hydrogen) atoms. The summed E-state index contributed by atoms with van der Waals surface area (Å²) in [6.45, 7) is 0.450. The van der Waals surface area contributed by atoms with Crippen LogP contribution in [0.1, 0.15) is 10.4 Å². The summed E-state index contributed by atoms with van der Waals surface area (Å²) in [4.78, 5) is 19.6. The van der Waals surface area contributed by atoms with Gasteiger partial charge < -0.3 is 4.90 Å². The van der Waals surface area contributed by atoms with Crippen LogP contribution in [0, 0.1) is 0 Å². The highest BCUT2D eigenvalue weighted by atomic mass is 32.2. The molecule has 6 nitrogen and oxygen atoms in total. The summed E-state index contributed by atoms with van der Waals surface area (Å²) in [6.07, 6.45) is 3.66. The molecule has 1 fully saturated rings. The number of fused-ring (bicyclic) bond motifs is 3. The number of imidazole rings is 1. The zero-order valence-corrected chi connectivity index (χ0v) is 16.5. The second-order valence-electron chi connectivity index (χ2n) is 7.24. The van der Waals surface area contributed by atoms with Crippen molar-refractivity contribution < 1.29 is 13.2 Å². The summed E-state index contributed by atoms with van der Waals surface area (Å²) in [7, 11) is -3.05. The van der Waals surface area contributed by atoms with E-state index in [1.165, 1.54) is 0 Å². The number of carbonyl (C=O) groups excluding carboxylic acids is 1. The molecule has 1 aliphatic heterocycles. The first-order chi connectivity index (χ1) is 14.0. The van der Waals surface area contributed by atoms with Crippen molar-refractivity contribution in [2.45, 2.75) is 0 Å². The summed E-state index contributed by atoms with van der Waals surface area (Å²) in [5, 5.41) is 1.79. The molecule has 0 bridgehead atoms. The fourth-order valence-corrected chi connectivity index (χ4v) is 5.09. The van der Waals surface area contributed by atoms with Gasteiger partial charge in [-0.2, -0.15) is 0 Å². The van der Waals surface area contributed by atoms with E-state index in [1.54, 1.807) is 4.90 Å². The van der Waals surface area contributed by atoms with Crippen LogP contribution in [0.25, 0.3) is 27.7 Å². The molecule has 0 N–H and O–H groups in total. The van der Waals surface area contributed by atoms with Crippen molar-refractivity contribution in [2.24, 2.45) is 0 Å². The van der Waals surface area contributed by atoms with Crippen molar-refractivity contribution in [3.8, 4) is 11.4 Å². The van der Waals surface area contributed by atoms with Gasteiger partial charge >= 0.3 is 0 Å². The van der Waals surface area contributed by atoms with E-state index in [2.05, 4.69) is 4.98 Å². The Labute approximate surface area is 168 Å². The quantitative estimate of drug-likeness (QED) is 0.514. The van der Waals surface area contributed by atoms with Crippen molar-refractivity contribution in [3.63, 3.8) is 0 Å². The maximum absolute atomic E-state index is 13.3. The number of rotatable bonds is 2. The van der Waals surface area contributed by atoms with Gasteiger partial charge in [0.2, 0.25) is 0 Å². The van der Waals surface area contributed by atoms with Gasteiger partial charge in [0, 0.05) is 30.2 Å². The Balaban J connectivity index is 1.69. The fraction of sp³-hybridized carbons (Fsp3) is 0.182. The van der Waals surface area contributed by atoms with Crippen LogP contribution in [0.5, 0.6) is 0 Å². The van der Waals surface area contributed by atoms with Gasteiger partial charge in [0.25, 0.3) is 5.91 Å². The SMILES string of the molecule is O=C(c1cn2c(-c3ccccc3)ncc2c2ccccc12)N1CCS(=O)(=O)CC1. The Morgan fingerprint density at radius 1 is 0.897 bits per heavy atom. The molecular formula is C22H19N3O3S. The van der Waals surface area contributed by atoms with Gasteiger partial charge in [-0.3, -0.25) is 9.20 Å². The number of hydrogen-bond donors (Lipinski definition) is 0. The van der Waals surface area contributed by atoms with Crippen molar-refractivity contribution in [3.05, 3.63) is 72.6 Å². The van der Waals surface area contributed by atoms with Gasteiger partial charge in [0.1, 0.15) is 5.82 Å². The molecule has 0 atom stereocenters. The van der Waals surface area contributed by atoms with Crippen LogP contribution in [0.4, 0.5) is 0 Å². The number of carbonyl (C=O) groups is 1. The van der Waals surface area contributed by atoms with E-state index >= 15 is 0 Å². The molecule has 1 aliphatic rings. The van der Waals surface area contributed by atoms with Crippen molar-refractivity contribution in [1.29, 1.82) is 0 Å². The molecule has 4 aromatic rings. The number of nitrogens with zero attached hydrogens (tertiary/aromatic N) is 3. The molecule has 0 saturated carbocycles. The molecular weight excluding hydrogens is 386 g/mol. The summed E-state index contributed by atoms with van der Waals surface area (Å²) in [6, 6.07) is 17.6. The number of sulfone groups is 1. The van der Waals surface area contributed by atoms with E-state index in [9.17, 15) is 13.2 Å². The number of aromatic nitrogens is 2. The molecule has 0 radical (unpaired) electrons. The third-order valence-corrected chi connectivity index (χ3v) is 7.05. The summed E-state index contributed by atoms with van der Waals surface area (Å²) in [5.74, 6) is 0.644. The number of pyridine rings is 1.